The quantitative estimate of drug-likeness (QED) is 0.159. The summed E-state index contributed by atoms with van der Waals surface area (Å²) in [5, 5.41) is 2.96. The molecule has 0 unspecified atom stereocenters. The molecule has 5 nitrogen and oxygen atoms in total. The van der Waals surface area contributed by atoms with Crippen LogP contribution in [0.4, 0.5) is 0 Å². The molecule has 37 heavy (non-hydrogen) atoms. The lowest BCUT2D eigenvalue weighted by Crippen LogP contribution is -2.51. The molecule has 6 heteroatoms. The highest BCUT2D eigenvalue weighted by atomic mass is 127. The summed E-state index contributed by atoms with van der Waals surface area (Å²) in [6, 6.07) is 0. The number of halogens is 1. The number of carbonyl (C=O) groups excluding carboxylic acids is 2. The molecule has 5 rings (SSSR count). The SMILES string of the molecule is CC(=O)NC[C@H](I)C/C(C)=C1\O[C@@H]2C[C@@H]3[C@@H]4CC=C5C[C@H](OC(C)=O)CC[C@]5(C)[C@@H]4CC[C@]3(C)[C@H]2[C@@H]1C. The molecule has 5 aliphatic rings. The van der Waals surface area contributed by atoms with Crippen LogP contribution in [0, 0.1) is 40.4 Å². The molecule has 1 N–H and O–H groups in total. The first-order chi connectivity index (χ1) is 17.4. The van der Waals surface area contributed by atoms with Crippen LogP contribution >= 0.6 is 22.6 Å². The third-order valence-electron chi connectivity index (χ3n) is 11.2. The van der Waals surface area contributed by atoms with E-state index in [-0.39, 0.29) is 23.4 Å². The highest BCUT2D eigenvalue weighted by Gasteiger charge is 2.65. The predicted octanol–water partition coefficient (Wildman–Crippen LogP) is 6.75. The number of ether oxygens (including phenoxy) is 2. The number of hydrogen-bond donors (Lipinski definition) is 1. The first kappa shape index (κ1) is 27.5. The molecule has 3 saturated carbocycles. The lowest BCUT2D eigenvalue weighted by molar-refractivity contribution is -0.148. The van der Waals surface area contributed by atoms with Crippen molar-refractivity contribution in [1.29, 1.82) is 0 Å². The Labute approximate surface area is 237 Å². The van der Waals surface area contributed by atoms with Crippen LogP contribution in [0.25, 0.3) is 0 Å². The van der Waals surface area contributed by atoms with Crippen LogP contribution in [0.15, 0.2) is 23.0 Å². The van der Waals surface area contributed by atoms with Crippen molar-refractivity contribution in [3.63, 3.8) is 0 Å². The van der Waals surface area contributed by atoms with Crippen molar-refractivity contribution in [3.05, 3.63) is 23.0 Å². The molecule has 206 valence electrons. The number of carbonyl (C=O) groups is 2. The average Bonchev–Trinajstić information content (AvgIpc) is 3.31. The molecule has 1 aliphatic heterocycles. The number of rotatable bonds is 5. The van der Waals surface area contributed by atoms with Crippen molar-refractivity contribution in [2.75, 3.05) is 6.54 Å². The van der Waals surface area contributed by atoms with Crippen molar-refractivity contribution in [2.24, 2.45) is 40.4 Å². The van der Waals surface area contributed by atoms with E-state index in [4.69, 9.17) is 9.47 Å². The van der Waals surface area contributed by atoms with E-state index in [2.05, 4.69) is 61.7 Å². The number of fused-ring (bicyclic) bond motifs is 7. The Morgan fingerprint density at radius 1 is 1.19 bits per heavy atom. The summed E-state index contributed by atoms with van der Waals surface area (Å²) in [4.78, 5) is 22.9. The van der Waals surface area contributed by atoms with E-state index in [9.17, 15) is 9.59 Å². The number of amides is 1. The highest BCUT2D eigenvalue weighted by molar-refractivity contribution is 14.1. The van der Waals surface area contributed by atoms with Gasteiger partial charge in [-0.1, -0.05) is 55.0 Å². The summed E-state index contributed by atoms with van der Waals surface area (Å²) in [5.41, 5.74) is 3.52. The Hall–Kier alpha value is -1.05. The molecule has 0 aromatic rings. The maximum Gasteiger partial charge on any atom is 0.302 e. The summed E-state index contributed by atoms with van der Waals surface area (Å²) in [5.74, 6) is 4.40. The zero-order chi connectivity index (χ0) is 26.7. The minimum Gasteiger partial charge on any atom is -0.494 e. The third-order valence-corrected chi connectivity index (χ3v) is 12.1. The normalized spacial score (nSPS) is 44.3. The second kappa shape index (κ2) is 10.2. The van der Waals surface area contributed by atoms with Crippen LogP contribution in [0.5, 0.6) is 0 Å². The first-order valence-electron chi connectivity index (χ1n) is 14.6. The fourth-order valence-corrected chi connectivity index (χ4v) is 10.6. The number of nitrogens with one attached hydrogen (secondary N) is 1. The molecule has 0 aromatic carbocycles. The third kappa shape index (κ3) is 4.80. The zero-order valence-electron chi connectivity index (χ0n) is 23.6. The Morgan fingerprint density at radius 3 is 2.65 bits per heavy atom. The minimum absolute atomic E-state index is 0.0394. The van der Waals surface area contributed by atoms with Gasteiger partial charge in [0.15, 0.2) is 0 Å². The molecule has 1 amide bonds. The molecule has 0 radical (unpaired) electrons. The van der Waals surface area contributed by atoms with Crippen LogP contribution in [0.2, 0.25) is 0 Å². The standard InChI is InChI=1S/C31H46INO4/c1-17(13-22(32)16-33-19(3)34)29-18(2)28-27(37-29)15-26-24-8-7-21-14-23(36-20(4)35)9-11-30(21,5)25(24)10-12-31(26,28)6/h7,18,22-28H,8-16H2,1-6H3,(H,33,34)/b29-17-/t18-,22+,23+,24+,25+,26+,27+,28-,30-,31-/m0/s1. The molecule has 0 aromatic heterocycles. The summed E-state index contributed by atoms with van der Waals surface area (Å²) in [6.45, 7) is 13.6. The van der Waals surface area contributed by atoms with Gasteiger partial charge in [0, 0.05) is 42.6 Å². The molecule has 4 fully saturated rings. The van der Waals surface area contributed by atoms with Crippen molar-refractivity contribution in [1.82, 2.24) is 5.32 Å². The van der Waals surface area contributed by atoms with Crippen LogP contribution in [-0.4, -0.2) is 34.6 Å². The molecule has 10 atom stereocenters. The van der Waals surface area contributed by atoms with E-state index in [1.165, 1.54) is 43.9 Å². The monoisotopic (exact) mass is 623 g/mol. The van der Waals surface area contributed by atoms with Crippen LogP contribution in [-0.2, 0) is 19.1 Å². The van der Waals surface area contributed by atoms with E-state index < -0.39 is 0 Å². The molecule has 0 bridgehead atoms. The van der Waals surface area contributed by atoms with Crippen molar-refractivity contribution < 1.29 is 19.1 Å². The zero-order valence-corrected chi connectivity index (χ0v) is 25.7. The summed E-state index contributed by atoms with van der Waals surface area (Å²) in [6.07, 6.45) is 12.0. The lowest BCUT2D eigenvalue weighted by atomic mass is 9.47. The second-order valence-corrected chi connectivity index (χ2v) is 15.1. The number of allylic oxidation sites excluding steroid dienone is 3. The van der Waals surface area contributed by atoms with Gasteiger partial charge in [0.1, 0.15) is 12.2 Å². The van der Waals surface area contributed by atoms with Crippen molar-refractivity contribution in [2.45, 2.75) is 109 Å². The molecule has 1 saturated heterocycles. The highest BCUT2D eigenvalue weighted by Crippen LogP contribution is 2.69. The van der Waals surface area contributed by atoms with Gasteiger partial charge >= 0.3 is 5.97 Å². The van der Waals surface area contributed by atoms with Gasteiger partial charge in [0.25, 0.3) is 0 Å². The Kier molecular flexibility index (Phi) is 7.56. The Morgan fingerprint density at radius 2 is 1.95 bits per heavy atom. The van der Waals surface area contributed by atoms with Gasteiger partial charge in [-0.3, -0.25) is 9.59 Å². The van der Waals surface area contributed by atoms with E-state index in [1.807, 2.05) is 0 Å². The van der Waals surface area contributed by atoms with Crippen LogP contribution < -0.4 is 5.32 Å². The fourth-order valence-electron chi connectivity index (χ4n) is 9.69. The van der Waals surface area contributed by atoms with Gasteiger partial charge in [0.05, 0.1) is 5.76 Å². The van der Waals surface area contributed by atoms with Gasteiger partial charge in [-0.05, 0) is 86.0 Å². The van der Waals surface area contributed by atoms with Gasteiger partial charge in [-0.25, -0.2) is 0 Å². The number of hydrogen-bond acceptors (Lipinski definition) is 4. The molecular weight excluding hydrogens is 577 g/mol. The van der Waals surface area contributed by atoms with Gasteiger partial charge in [-0.15, -0.1) is 0 Å². The largest absolute Gasteiger partial charge is 0.494 e. The van der Waals surface area contributed by atoms with Gasteiger partial charge in [0.2, 0.25) is 5.91 Å². The topological polar surface area (TPSA) is 64.6 Å². The maximum atomic E-state index is 11.6. The van der Waals surface area contributed by atoms with E-state index in [0.717, 1.165) is 43.4 Å². The van der Waals surface area contributed by atoms with Crippen LogP contribution in [0.3, 0.4) is 0 Å². The second-order valence-electron chi connectivity index (χ2n) is 13.4. The van der Waals surface area contributed by atoms with Crippen molar-refractivity contribution >= 4 is 34.5 Å². The van der Waals surface area contributed by atoms with Crippen molar-refractivity contribution in [3.8, 4) is 0 Å². The molecular formula is C31H46INO4. The van der Waals surface area contributed by atoms with E-state index in [1.54, 1.807) is 12.5 Å². The average molecular weight is 624 g/mol. The van der Waals surface area contributed by atoms with Gasteiger partial charge in [-0.2, -0.15) is 0 Å². The number of alkyl halides is 1. The summed E-state index contributed by atoms with van der Waals surface area (Å²) in [7, 11) is 0. The first-order valence-corrected chi connectivity index (χ1v) is 15.8. The molecule has 4 aliphatic carbocycles. The smallest absolute Gasteiger partial charge is 0.302 e. The lowest BCUT2D eigenvalue weighted by Gasteiger charge is -2.58. The van der Waals surface area contributed by atoms with Gasteiger partial charge < -0.3 is 14.8 Å². The molecule has 0 spiro atoms. The maximum absolute atomic E-state index is 11.6. The minimum atomic E-state index is -0.145. The van der Waals surface area contributed by atoms with E-state index in [0.29, 0.717) is 33.8 Å². The Bertz CT molecular complexity index is 1010. The molecule has 1 heterocycles. The fraction of sp³-hybridized carbons (Fsp3) is 0.806. The van der Waals surface area contributed by atoms with Crippen LogP contribution in [0.1, 0.15) is 92.9 Å². The summed E-state index contributed by atoms with van der Waals surface area (Å²) >= 11 is 2.46. The van der Waals surface area contributed by atoms with E-state index >= 15 is 0 Å². The Balaban J connectivity index is 1.31. The number of esters is 1. The predicted molar refractivity (Wildman–Crippen MR) is 154 cm³/mol. The summed E-state index contributed by atoms with van der Waals surface area (Å²) < 4.78 is 12.8.